The monoisotopic (exact) mass is 391 g/mol. The molecule has 0 N–H and O–H groups in total. The molecule has 2 aromatic rings. The summed E-state index contributed by atoms with van der Waals surface area (Å²) in [6.45, 7) is 4.15. The minimum absolute atomic E-state index is 0.0856. The van der Waals surface area contributed by atoms with Crippen molar-refractivity contribution in [2.75, 3.05) is 32.7 Å². The van der Waals surface area contributed by atoms with Gasteiger partial charge in [0, 0.05) is 44.3 Å². The van der Waals surface area contributed by atoms with E-state index in [1.54, 1.807) is 0 Å². The van der Waals surface area contributed by atoms with E-state index < -0.39 is 0 Å². The highest BCUT2D eigenvalue weighted by molar-refractivity contribution is 5.94. The zero-order valence-corrected chi connectivity index (χ0v) is 16.9. The van der Waals surface area contributed by atoms with Crippen LogP contribution in [-0.4, -0.2) is 65.3 Å². The summed E-state index contributed by atoms with van der Waals surface area (Å²) in [5, 5.41) is 0. The first-order chi connectivity index (χ1) is 14.2. The van der Waals surface area contributed by atoms with Crippen LogP contribution in [0.15, 0.2) is 60.7 Å². The second kappa shape index (κ2) is 9.23. The van der Waals surface area contributed by atoms with E-state index in [9.17, 15) is 9.59 Å². The lowest BCUT2D eigenvalue weighted by Gasteiger charge is -2.27. The van der Waals surface area contributed by atoms with Gasteiger partial charge in [-0.3, -0.25) is 14.5 Å². The van der Waals surface area contributed by atoms with Gasteiger partial charge < -0.3 is 9.80 Å². The molecule has 29 heavy (non-hydrogen) atoms. The fraction of sp³-hybridized carbons (Fsp3) is 0.417. The summed E-state index contributed by atoms with van der Waals surface area (Å²) in [5.74, 6) is 0.293. The van der Waals surface area contributed by atoms with E-state index in [0.29, 0.717) is 25.7 Å². The lowest BCUT2D eigenvalue weighted by atomic mass is 10.2. The average molecular weight is 392 g/mol. The van der Waals surface area contributed by atoms with Gasteiger partial charge in [-0.05, 0) is 37.0 Å². The Morgan fingerprint density at radius 1 is 0.862 bits per heavy atom. The maximum Gasteiger partial charge on any atom is 0.253 e. The fourth-order valence-corrected chi connectivity index (χ4v) is 3.96. The van der Waals surface area contributed by atoms with Gasteiger partial charge in [0.1, 0.15) is 0 Å². The highest BCUT2D eigenvalue weighted by atomic mass is 16.2. The number of carbonyl (C=O) groups excluding carboxylic acids is 2. The van der Waals surface area contributed by atoms with Crippen LogP contribution in [0.25, 0.3) is 0 Å². The second-order valence-corrected chi connectivity index (χ2v) is 8.03. The van der Waals surface area contributed by atoms with Gasteiger partial charge in [-0.1, -0.05) is 48.5 Å². The third kappa shape index (κ3) is 5.24. The highest BCUT2D eigenvalue weighted by Gasteiger charge is 2.33. The van der Waals surface area contributed by atoms with Gasteiger partial charge in [0.15, 0.2) is 0 Å². The third-order valence-corrected chi connectivity index (χ3v) is 5.76. The molecule has 0 atom stereocenters. The van der Waals surface area contributed by atoms with E-state index in [1.165, 1.54) is 5.56 Å². The summed E-state index contributed by atoms with van der Waals surface area (Å²) in [6, 6.07) is 20.1. The predicted octanol–water partition coefficient (Wildman–Crippen LogP) is 3.03. The maximum absolute atomic E-state index is 13.1. The summed E-state index contributed by atoms with van der Waals surface area (Å²) in [4.78, 5) is 31.9. The maximum atomic E-state index is 13.1. The molecule has 4 rings (SSSR count). The minimum Gasteiger partial charge on any atom is -0.337 e. The van der Waals surface area contributed by atoms with Crippen LogP contribution in [0.2, 0.25) is 0 Å². The molecule has 1 saturated carbocycles. The van der Waals surface area contributed by atoms with Crippen molar-refractivity contribution in [1.82, 2.24) is 14.7 Å². The molecule has 152 valence electrons. The van der Waals surface area contributed by atoms with Crippen LogP contribution >= 0.6 is 0 Å². The van der Waals surface area contributed by atoms with Crippen molar-refractivity contribution in [3.05, 3.63) is 71.8 Å². The van der Waals surface area contributed by atoms with E-state index in [-0.39, 0.29) is 11.8 Å². The van der Waals surface area contributed by atoms with E-state index >= 15 is 0 Å². The van der Waals surface area contributed by atoms with Gasteiger partial charge in [-0.15, -0.1) is 0 Å². The number of nitrogens with zero attached hydrogens (tertiary/aromatic N) is 3. The molecule has 2 aromatic carbocycles. The zero-order chi connectivity index (χ0) is 20.1. The number of hydrogen-bond donors (Lipinski definition) is 0. The Balaban J connectivity index is 1.33. The molecule has 0 unspecified atom stereocenters. The summed E-state index contributed by atoms with van der Waals surface area (Å²) in [5.41, 5.74) is 1.92. The molecular weight excluding hydrogens is 362 g/mol. The van der Waals surface area contributed by atoms with Gasteiger partial charge >= 0.3 is 0 Å². The normalized spacial score (nSPS) is 17.6. The first-order valence-corrected chi connectivity index (χ1v) is 10.6. The fourth-order valence-electron chi connectivity index (χ4n) is 3.96. The van der Waals surface area contributed by atoms with Crippen molar-refractivity contribution < 1.29 is 9.59 Å². The largest absolute Gasteiger partial charge is 0.337 e. The van der Waals surface area contributed by atoms with Crippen molar-refractivity contribution in [3.8, 4) is 0 Å². The number of hydrogen-bond acceptors (Lipinski definition) is 3. The van der Waals surface area contributed by atoms with Crippen molar-refractivity contribution >= 4 is 11.8 Å². The third-order valence-electron chi connectivity index (χ3n) is 5.76. The summed E-state index contributed by atoms with van der Waals surface area (Å²) >= 11 is 0. The Hall–Kier alpha value is -2.66. The molecule has 2 aliphatic rings. The van der Waals surface area contributed by atoms with Crippen LogP contribution in [0.5, 0.6) is 0 Å². The Labute approximate surface area is 172 Å². The standard InChI is InChI=1S/C24H29N3O2/c28-23(27(22-12-13-22)18-20-8-3-1-4-9-20)19-25-14-7-15-26(17-16-25)24(29)21-10-5-2-6-11-21/h1-6,8-11,22H,7,12-19H2. The Morgan fingerprint density at radius 2 is 1.55 bits per heavy atom. The molecule has 2 fully saturated rings. The van der Waals surface area contributed by atoms with Gasteiger partial charge in [0.2, 0.25) is 5.91 Å². The topological polar surface area (TPSA) is 43.9 Å². The van der Waals surface area contributed by atoms with Crippen molar-refractivity contribution in [1.29, 1.82) is 0 Å². The molecule has 0 spiro atoms. The van der Waals surface area contributed by atoms with Crippen molar-refractivity contribution in [2.45, 2.75) is 31.8 Å². The van der Waals surface area contributed by atoms with Crippen LogP contribution in [0.3, 0.4) is 0 Å². The zero-order valence-electron chi connectivity index (χ0n) is 16.9. The molecule has 1 heterocycles. The smallest absolute Gasteiger partial charge is 0.253 e. The van der Waals surface area contributed by atoms with Crippen LogP contribution < -0.4 is 0 Å². The van der Waals surface area contributed by atoms with E-state index in [1.807, 2.05) is 58.3 Å². The SMILES string of the molecule is O=C(c1ccccc1)N1CCCN(CC(=O)N(Cc2ccccc2)C2CC2)CC1. The number of rotatable bonds is 6. The molecule has 1 saturated heterocycles. The highest BCUT2D eigenvalue weighted by Crippen LogP contribution is 2.28. The Kier molecular flexibility index (Phi) is 6.25. The van der Waals surface area contributed by atoms with Crippen molar-refractivity contribution in [3.63, 3.8) is 0 Å². The lowest BCUT2D eigenvalue weighted by Crippen LogP contribution is -2.42. The molecule has 0 radical (unpaired) electrons. The van der Waals surface area contributed by atoms with Crippen molar-refractivity contribution in [2.24, 2.45) is 0 Å². The second-order valence-electron chi connectivity index (χ2n) is 8.03. The molecule has 5 nitrogen and oxygen atoms in total. The van der Waals surface area contributed by atoms with Gasteiger partial charge in [-0.2, -0.15) is 0 Å². The van der Waals surface area contributed by atoms with Crippen LogP contribution in [0, 0.1) is 0 Å². The molecule has 1 aliphatic heterocycles. The minimum atomic E-state index is 0.0856. The molecular formula is C24H29N3O2. The van der Waals surface area contributed by atoms with E-state index in [0.717, 1.165) is 44.5 Å². The molecule has 0 aromatic heterocycles. The summed E-state index contributed by atoms with van der Waals surface area (Å²) in [6.07, 6.45) is 3.11. The van der Waals surface area contributed by atoms with E-state index in [4.69, 9.17) is 0 Å². The predicted molar refractivity (Wildman–Crippen MR) is 113 cm³/mol. The molecule has 1 aliphatic carbocycles. The number of amides is 2. The summed E-state index contributed by atoms with van der Waals surface area (Å²) < 4.78 is 0. The van der Waals surface area contributed by atoms with Gasteiger partial charge in [0.25, 0.3) is 5.91 Å². The van der Waals surface area contributed by atoms with Gasteiger partial charge in [0.05, 0.1) is 6.54 Å². The van der Waals surface area contributed by atoms with Crippen LogP contribution in [0.4, 0.5) is 0 Å². The first kappa shape index (κ1) is 19.6. The average Bonchev–Trinajstić information content (AvgIpc) is 3.61. The molecule has 0 bridgehead atoms. The lowest BCUT2D eigenvalue weighted by molar-refractivity contribution is -0.133. The van der Waals surface area contributed by atoms with Crippen LogP contribution in [0.1, 0.15) is 35.2 Å². The van der Waals surface area contributed by atoms with Gasteiger partial charge in [-0.25, -0.2) is 0 Å². The summed E-state index contributed by atoms with van der Waals surface area (Å²) in [7, 11) is 0. The number of benzene rings is 2. The molecule has 2 amide bonds. The Morgan fingerprint density at radius 3 is 2.24 bits per heavy atom. The Bertz CT molecular complexity index is 821. The molecule has 5 heteroatoms. The van der Waals surface area contributed by atoms with E-state index in [2.05, 4.69) is 17.0 Å². The quantitative estimate of drug-likeness (QED) is 0.760. The van der Waals surface area contributed by atoms with Crippen LogP contribution in [-0.2, 0) is 11.3 Å². The number of carbonyl (C=O) groups is 2. The first-order valence-electron chi connectivity index (χ1n) is 10.6.